The number of benzene rings is 2. The van der Waals surface area contributed by atoms with E-state index in [9.17, 15) is 18.4 Å². The van der Waals surface area contributed by atoms with Crippen molar-refractivity contribution >= 4 is 11.8 Å². The van der Waals surface area contributed by atoms with Crippen LogP contribution >= 0.6 is 0 Å². The molecule has 0 bridgehead atoms. The summed E-state index contributed by atoms with van der Waals surface area (Å²) in [7, 11) is 0. The number of hydrogen-bond acceptors (Lipinski definition) is 4. The van der Waals surface area contributed by atoms with Crippen molar-refractivity contribution in [2.75, 3.05) is 0 Å². The van der Waals surface area contributed by atoms with Crippen LogP contribution in [0.2, 0.25) is 0 Å². The maximum absolute atomic E-state index is 13.7. The van der Waals surface area contributed by atoms with E-state index in [4.69, 9.17) is 4.74 Å². The number of hydrogen-bond donors (Lipinski definition) is 0. The Morgan fingerprint density at radius 1 is 0.926 bits per heavy atom. The van der Waals surface area contributed by atoms with Crippen molar-refractivity contribution < 1.29 is 23.1 Å². The second kappa shape index (κ2) is 7.86. The fourth-order valence-electron chi connectivity index (χ4n) is 2.63. The molecule has 4 nitrogen and oxygen atoms in total. The van der Waals surface area contributed by atoms with Crippen LogP contribution in [0.25, 0.3) is 0 Å². The van der Waals surface area contributed by atoms with Gasteiger partial charge in [-0.2, -0.15) is 0 Å². The van der Waals surface area contributed by atoms with E-state index in [0.29, 0.717) is 11.1 Å². The molecule has 2 aromatic carbocycles. The first-order chi connectivity index (χ1) is 13.0. The first kappa shape index (κ1) is 18.4. The van der Waals surface area contributed by atoms with Crippen LogP contribution < -0.4 is 0 Å². The predicted molar refractivity (Wildman–Crippen MR) is 94.0 cm³/mol. The molecule has 0 unspecified atom stereocenters. The smallest absolute Gasteiger partial charge is 0.341 e. The van der Waals surface area contributed by atoms with Gasteiger partial charge in [-0.1, -0.05) is 24.3 Å². The lowest BCUT2D eigenvalue weighted by atomic mass is 10.0. The molecule has 0 saturated carbocycles. The zero-order valence-corrected chi connectivity index (χ0v) is 14.1. The van der Waals surface area contributed by atoms with E-state index in [1.54, 1.807) is 12.1 Å². The fourth-order valence-corrected chi connectivity index (χ4v) is 2.63. The molecule has 0 aliphatic heterocycles. The van der Waals surface area contributed by atoms with Gasteiger partial charge in [0.1, 0.15) is 17.3 Å². The number of carbonyl (C=O) groups is 2. The van der Waals surface area contributed by atoms with E-state index >= 15 is 0 Å². The van der Waals surface area contributed by atoms with Crippen LogP contribution in [0, 0.1) is 18.6 Å². The van der Waals surface area contributed by atoms with E-state index in [2.05, 4.69) is 11.9 Å². The summed E-state index contributed by atoms with van der Waals surface area (Å²) < 4.78 is 32.9. The molecule has 1 heterocycles. The summed E-state index contributed by atoms with van der Waals surface area (Å²) in [6.07, 6.45) is 0.281. The van der Waals surface area contributed by atoms with E-state index in [1.807, 2.05) is 0 Å². The van der Waals surface area contributed by atoms with Crippen molar-refractivity contribution in [1.29, 1.82) is 0 Å². The number of carbonyl (C=O) groups excluding carboxylic acids is 2. The summed E-state index contributed by atoms with van der Waals surface area (Å²) in [4.78, 5) is 28.1. The Hall–Kier alpha value is -3.41. The Bertz CT molecular complexity index is 958. The molecule has 135 valence electrons. The number of ether oxygens (including phenoxy) is 1. The number of halogens is 2. The highest BCUT2D eigenvalue weighted by Gasteiger charge is 2.24. The van der Waals surface area contributed by atoms with Crippen LogP contribution in [0.1, 0.15) is 38.1 Å². The topological polar surface area (TPSA) is 56.3 Å². The minimum Gasteiger partial charge on any atom is -0.449 e. The van der Waals surface area contributed by atoms with Crippen LogP contribution in [0.5, 0.6) is 0 Å². The zero-order valence-electron chi connectivity index (χ0n) is 14.1. The highest BCUT2D eigenvalue weighted by atomic mass is 19.1. The third kappa shape index (κ3) is 4.23. The van der Waals surface area contributed by atoms with E-state index in [1.165, 1.54) is 54.7 Å². The molecule has 0 aliphatic rings. The quantitative estimate of drug-likeness (QED) is 0.498. The van der Waals surface area contributed by atoms with Gasteiger partial charge in [-0.15, -0.1) is 0 Å². The highest BCUT2D eigenvalue weighted by molar-refractivity contribution is 6.06. The average molecular weight is 366 g/mol. The van der Waals surface area contributed by atoms with Crippen molar-refractivity contribution in [3.8, 4) is 0 Å². The number of rotatable bonds is 5. The SMILES string of the molecule is [CH2]C(=O)c1ncccc1C(=O)OC(c1cccc(F)c1)c1cccc(F)c1. The van der Waals surface area contributed by atoms with Crippen molar-refractivity contribution in [3.63, 3.8) is 0 Å². The van der Waals surface area contributed by atoms with Crippen molar-refractivity contribution in [3.05, 3.63) is 108 Å². The molecule has 0 saturated heterocycles. The molecule has 0 aliphatic carbocycles. The fraction of sp³-hybridized carbons (Fsp3) is 0.0476. The van der Waals surface area contributed by atoms with Gasteiger partial charge in [0.15, 0.2) is 11.9 Å². The molecule has 0 N–H and O–H groups in total. The predicted octanol–water partition coefficient (Wildman–Crippen LogP) is 4.32. The van der Waals surface area contributed by atoms with Gasteiger partial charge >= 0.3 is 5.97 Å². The lowest BCUT2D eigenvalue weighted by Gasteiger charge is -2.19. The minimum absolute atomic E-state index is 0.0738. The standard InChI is InChI=1S/C21H14F2NO3/c1-13(25)19-18(9-4-10-24-19)21(26)27-20(14-5-2-7-16(22)11-14)15-6-3-8-17(23)12-15/h2-12,20H,1H2. The lowest BCUT2D eigenvalue weighted by molar-refractivity contribution is 0.0374. The van der Waals surface area contributed by atoms with Gasteiger partial charge in [-0.3, -0.25) is 9.78 Å². The van der Waals surface area contributed by atoms with E-state index < -0.39 is 29.5 Å². The molecule has 0 amide bonds. The molecular weight excluding hydrogens is 352 g/mol. The van der Waals surface area contributed by atoms with E-state index in [-0.39, 0.29) is 11.3 Å². The minimum atomic E-state index is -1.07. The Balaban J connectivity index is 2.02. The molecule has 3 rings (SSSR count). The maximum atomic E-state index is 13.7. The average Bonchev–Trinajstić information content (AvgIpc) is 2.66. The van der Waals surface area contributed by atoms with Crippen LogP contribution in [-0.2, 0) is 4.74 Å². The van der Waals surface area contributed by atoms with Gasteiger partial charge in [0.2, 0.25) is 0 Å². The van der Waals surface area contributed by atoms with E-state index in [0.717, 1.165) is 0 Å². The third-order valence-electron chi connectivity index (χ3n) is 3.82. The lowest BCUT2D eigenvalue weighted by Crippen LogP contribution is -2.16. The molecule has 0 spiro atoms. The molecule has 1 radical (unpaired) electrons. The number of aromatic nitrogens is 1. The number of nitrogens with zero attached hydrogens (tertiary/aromatic N) is 1. The van der Waals surface area contributed by atoms with Crippen molar-refractivity contribution in [2.45, 2.75) is 6.10 Å². The third-order valence-corrected chi connectivity index (χ3v) is 3.82. The molecule has 27 heavy (non-hydrogen) atoms. The monoisotopic (exact) mass is 366 g/mol. The molecule has 0 atom stereocenters. The summed E-state index contributed by atoms with van der Waals surface area (Å²) in [5.74, 6) is -2.55. The van der Waals surface area contributed by atoms with Gasteiger partial charge in [0, 0.05) is 13.1 Å². The normalized spacial score (nSPS) is 10.7. The number of Topliss-reactive ketones (excluding diaryl/α,β-unsaturated/α-hetero) is 1. The Morgan fingerprint density at radius 3 is 2.04 bits per heavy atom. The summed E-state index contributed by atoms with van der Waals surface area (Å²) in [6, 6.07) is 13.8. The second-order valence-corrected chi connectivity index (χ2v) is 5.72. The molecular formula is C21H14F2NO3. The summed E-state index contributed by atoms with van der Waals surface area (Å²) in [5.41, 5.74) is 0.427. The van der Waals surface area contributed by atoms with Crippen LogP contribution in [0.4, 0.5) is 8.78 Å². The van der Waals surface area contributed by atoms with Gasteiger partial charge in [-0.25, -0.2) is 13.6 Å². The Kier molecular flexibility index (Phi) is 5.35. The Labute approximate surface area is 154 Å². The van der Waals surface area contributed by atoms with Crippen LogP contribution in [0.15, 0.2) is 66.9 Å². The van der Waals surface area contributed by atoms with Gasteiger partial charge < -0.3 is 4.74 Å². The van der Waals surface area contributed by atoms with Gasteiger partial charge in [-0.05, 0) is 47.5 Å². The maximum Gasteiger partial charge on any atom is 0.341 e. The largest absolute Gasteiger partial charge is 0.449 e. The zero-order chi connectivity index (χ0) is 19.4. The number of pyridine rings is 1. The van der Waals surface area contributed by atoms with Crippen molar-refractivity contribution in [1.82, 2.24) is 4.98 Å². The molecule has 3 aromatic rings. The van der Waals surface area contributed by atoms with Gasteiger partial charge in [0.05, 0.1) is 5.56 Å². The Morgan fingerprint density at radius 2 is 1.52 bits per heavy atom. The number of ketones is 1. The second-order valence-electron chi connectivity index (χ2n) is 5.72. The van der Waals surface area contributed by atoms with Gasteiger partial charge in [0.25, 0.3) is 0 Å². The molecule has 0 fully saturated rings. The number of esters is 1. The summed E-state index contributed by atoms with van der Waals surface area (Å²) >= 11 is 0. The molecule has 6 heteroatoms. The molecule has 1 aromatic heterocycles. The van der Waals surface area contributed by atoms with Crippen LogP contribution in [-0.4, -0.2) is 16.7 Å². The summed E-state index contributed by atoms with van der Waals surface area (Å²) in [5, 5.41) is 0. The first-order valence-corrected chi connectivity index (χ1v) is 7.99. The summed E-state index contributed by atoms with van der Waals surface area (Å²) in [6.45, 7) is 3.26. The van der Waals surface area contributed by atoms with Crippen molar-refractivity contribution in [2.24, 2.45) is 0 Å². The van der Waals surface area contributed by atoms with Crippen LogP contribution in [0.3, 0.4) is 0 Å². The highest BCUT2D eigenvalue weighted by Crippen LogP contribution is 2.28. The first-order valence-electron chi connectivity index (χ1n) is 7.99.